The molecular formula is C13H16N4O3S3. The summed E-state index contributed by atoms with van der Waals surface area (Å²) in [5.41, 5.74) is 2.03. The third-order valence-corrected chi connectivity index (χ3v) is 6.59. The normalized spacial score (nSPS) is 13.0. The molecule has 0 aliphatic heterocycles. The first-order valence-corrected chi connectivity index (χ1v) is 9.77. The minimum atomic E-state index is -3.54. The van der Waals surface area contributed by atoms with Crippen molar-refractivity contribution in [1.29, 1.82) is 0 Å². The highest BCUT2D eigenvalue weighted by atomic mass is 32.2. The van der Waals surface area contributed by atoms with E-state index in [0.717, 1.165) is 4.31 Å². The van der Waals surface area contributed by atoms with Crippen molar-refractivity contribution in [2.45, 2.75) is 21.4 Å². The van der Waals surface area contributed by atoms with Crippen molar-refractivity contribution in [2.75, 3.05) is 19.4 Å². The molecule has 0 spiro atoms. The number of carbonyl (C=O) groups excluding carboxylic acids is 1. The predicted molar refractivity (Wildman–Crippen MR) is 91.2 cm³/mol. The molecule has 23 heavy (non-hydrogen) atoms. The van der Waals surface area contributed by atoms with E-state index in [1.807, 2.05) is 0 Å². The van der Waals surface area contributed by atoms with Crippen molar-refractivity contribution in [3.05, 3.63) is 29.8 Å². The van der Waals surface area contributed by atoms with E-state index < -0.39 is 10.0 Å². The maximum atomic E-state index is 12.2. The first-order valence-electron chi connectivity index (χ1n) is 6.57. The summed E-state index contributed by atoms with van der Waals surface area (Å²) in [4.78, 5) is 12.3. The summed E-state index contributed by atoms with van der Waals surface area (Å²) in [7, 11) is -0.617. The molecule has 0 unspecified atom stereocenters. The lowest BCUT2D eigenvalue weighted by Gasteiger charge is -2.14. The Morgan fingerprint density at radius 1 is 1.39 bits per heavy atom. The largest absolute Gasteiger partial charge is 0.325 e. The van der Waals surface area contributed by atoms with Gasteiger partial charge in [-0.25, -0.2) is 12.7 Å². The van der Waals surface area contributed by atoms with Crippen LogP contribution in [0.1, 0.15) is 6.92 Å². The van der Waals surface area contributed by atoms with E-state index in [0.29, 0.717) is 10.0 Å². The number of nitrogens with zero attached hydrogens (tertiary/aromatic N) is 3. The zero-order valence-corrected chi connectivity index (χ0v) is 15.2. The molecule has 0 saturated carbocycles. The van der Waals surface area contributed by atoms with Gasteiger partial charge in [-0.1, -0.05) is 29.2 Å². The van der Waals surface area contributed by atoms with E-state index in [4.69, 9.17) is 0 Å². The zero-order chi connectivity index (χ0) is 17.0. The van der Waals surface area contributed by atoms with E-state index in [1.165, 1.54) is 49.3 Å². The number of rotatable bonds is 6. The first-order chi connectivity index (χ1) is 10.8. The van der Waals surface area contributed by atoms with Gasteiger partial charge in [-0.15, -0.1) is 10.2 Å². The van der Waals surface area contributed by atoms with Gasteiger partial charge in [0, 0.05) is 19.8 Å². The lowest BCUT2D eigenvalue weighted by molar-refractivity contribution is -0.115. The summed E-state index contributed by atoms with van der Waals surface area (Å²) < 4.78 is 26.1. The Balaban J connectivity index is 2.09. The van der Waals surface area contributed by atoms with Crippen LogP contribution in [-0.2, 0) is 14.8 Å². The third-order valence-electron chi connectivity index (χ3n) is 2.87. The van der Waals surface area contributed by atoms with E-state index >= 15 is 0 Å². The number of thioether (sulfide) groups is 1. The molecule has 0 aliphatic rings. The van der Waals surface area contributed by atoms with Gasteiger partial charge in [0.05, 0.1) is 10.1 Å². The van der Waals surface area contributed by atoms with Crippen molar-refractivity contribution in [3.8, 4) is 0 Å². The van der Waals surface area contributed by atoms with E-state index in [9.17, 15) is 13.2 Å². The van der Waals surface area contributed by atoms with Crippen molar-refractivity contribution in [2.24, 2.45) is 0 Å². The third kappa shape index (κ3) is 4.50. The van der Waals surface area contributed by atoms with E-state index in [-0.39, 0.29) is 16.1 Å². The Kier molecular flexibility index (Phi) is 5.74. The lowest BCUT2D eigenvalue weighted by Crippen LogP contribution is -2.24. The molecule has 0 aliphatic carbocycles. The molecule has 1 N–H and O–H groups in total. The number of aromatic nitrogens is 2. The SMILES string of the molecule is C[C@@H](Sc1nncs1)C(=O)Nc1cccc(S(=O)(=O)N(C)C)c1. The maximum absolute atomic E-state index is 12.2. The number of hydrogen-bond acceptors (Lipinski definition) is 7. The molecular weight excluding hydrogens is 356 g/mol. The highest BCUT2D eigenvalue weighted by molar-refractivity contribution is 8.02. The van der Waals surface area contributed by atoms with E-state index in [2.05, 4.69) is 15.5 Å². The Morgan fingerprint density at radius 3 is 2.74 bits per heavy atom. The summed E-state index contributed by atoms with van der Waals surface area (Å²) in [5, 5.41) is 9.94. The summed E-state index contributed by atoms with van der Waals surface area (Å²) >= 11 is 2.66. The fourth-order valence-electron chi connectivity index (χ4n) is 1.61. The van der Waals surface area contributed by atoms with Gasteiger partial charge in [-0.2, -0.15) is 0 Å². The van der Waals surface area contributed by atoms with Gasteiger partial charge < -0.3 is 5.32 Å². The Labute approximate surface area is 143 Å². The molecule has 1 heterocycles. The van der Waals surface area contributed by atoms with Crippen LogP contribution in [0.2, 0.25) is 0 Å². The molecule has 1 aromatic heterocycles. The average Bonchev–Trinajstić information content (AvgIpc) is 3.00. The van der Waals surface area contributed by atoms with Crippen molar-refractivity contribution in [1.82, 2.24) is 14.5 Å². The molecule has 7 nitrogen and oxygen atoms in total. The fraction of sp³-hybridized carbons (Fsp3) is 0.308. The van der Waals surface area contributed by atoms with Gasteiger partial charge in [-0.3, -0.25) is 4.79 Å². The molecule has 1 amide bonds. The smallest absolute Gasteiger partial charge is 0.242 e. The van der Waals surface area contributed by atoms with Crippen LogP contribution in [0.4, 0.5) is 5.69 Å². The van der Waals surface area contributed by atoms with Gasteiger partial charge >= 0.3 is 0 Å². The molecule has 10 heteroatoms. The quantitative estimate of drug-likeness (QED) is 0.779. The molecule has 124 valence electrons. The highest BCUT2D eigenvalue weighted by Gasteiger charge is 2.19. The molecule has 1 aromatic carbocycles. The number of amides is 1. The molecule has 0 fully saturated rings. The van der Waals surface area contributed by atoms with Crippen LogP contribution in [0, 0.1) is 0 Å². The van der Waals surface area contributed by atoms with E-state index in [1.54, 1.807) is 24.6 Å². The maximum Gasteiger partial charge on any atom is 0.242 e. The summed E-state index contributed by atoms with van der Waals surface area (Å²) in [5.74, 6) is -0.232. The van der Waals surface area contributed by atoms with Crippen LogP contribution in [0.25, 0.3) is 0 Å². The number of hydrogen-bond donors (Lipinski definition) is 1. The zero-order valence-electron chi connectivity index (χ0n) is 12.8. The number of sulfonamides is 1. The molecule has 0 saturated heterocycles. The van der Waals surface area contributed by atoms with Gasteiger partial charge in [0.1, 0.15) is 5.51 Å². The monoisotopic (exact) mass is 372 g/mol. The Morgan fingerprint density at radius 2 is 2.13 bits per heavy atom. The standard InChI is InChI=1S/C13H16N4O3S3/c1-9(22-13-16-14-8-21-13)12(18)15-10-5-4-6-11(7-10)23(19,20)17(2)3/h4-9H,1-3H3,(H,15,18)/t9-/m1/s1. The highest BCUT2D eigenvalue weighted by Crippen LogP contribution is 2.25. The number of nitrogens with one attached hydrogen (secondary N) is 1. The average molecular weight is 372 g/mol. The second-order valence-electron chi connectivity index (χ2n) is 4.77. The Bertz CT molecular complexity index is 776. The van der Waals surface area contributed by atoms with Crippen LogP contribution >= 0.6 is 23.1 Å². The van der Waals surface area contributed by atoms with Crippen LogP contribution < -0.4 is 5.32 Å². The van der Waals surface area contributed by atoms with Crippen LogP contribution in [0.15, 0.2) is 39.0 Å². The minimum Gasteiger partial charge on any atom is -0.325 e. The molecule has 0 bridgehead atoms. The van der Waals surface area contributed by atoms with Crippen LogP contribution in [-0.4, -0.2) is 48.2 Å². The second-order valence-corrected chi connectivity index (χ2v) is 9.34. The lowest BCUT2D eigenvalue weighted by atomic mass is 10.3. The molecule has 1 atom stereocenters. The fourth-order valence-corrected chi connectivity index (χ4v) is 4.18. The van der Waals surface area contributed by atoms with Gasteiger partial charge in [-0.05, 0) is 25.1 Å². The second kappa shape index (κ2) is 7.39. The molecule has 2 rings (SSSR count). The molecule has 2 aromatic rings. The topological polar surface area (TPSA) is 92.3 Å². The first kappa shape index (κ1) is 17.9. The van der Waals surface area contributed by atoms with Gasteiger partial charge in [0.25, 0.3) is 0 Å². The summed E-state index contributed by atoms with van der Waals surface area (Å²) in [6.45, 7) is 1.75. The van der Waals surface area contributed by atoms with Crippen LogP contribution in [0.3, 0.4) is 0 Å². The predicted octanol–water partition coefficient (Wildman–Crippen LogP) is 1.91. The van der Waals surface area contributed by atoms with Gasteiger partial charge in [0.15, 0.2) is 4.34 Å². The summed E-state index contributed by atoms with van der Waals surface area (Å²) in [6.07, 6.45) is 0. The van der Waals surface area contributed by atoms with Crippen LogP contribution in [0.5, 0.6) is 0 Å². The van der Waals surface area contributed by atoms with Crippen molar-refractivity contribution < 1.29 is 13.2 Å². The molecule has 0 radical (unpaired) electrons. The Hall–Kier alpha value is -1.49. The number of benzene rings is 1. The number of anilines is 1. The van der Waals surface area contributed by atoms with Crippen molar-refractivity contribution in [3.63, 3.8) is 0 Å². The minimum absolute atomic E-state index is 0.129. The summed E-state index contributed by atoms with van der Waals surface area (Å²) in [6, 6.07) is 6.17. The number of carbonyl (C=O) groups is 1. The van der Waals surface area contributed by atoms with Gasteiger partial charge in [0.2, 0.25) is 15.9 Å². The van der Waals surface area contributed by atoms with Crippen molar-refractivity contribution >= 4 is 44.7 Å².